The van der Waals surface area contributed by atoms with Crippen molar-refractivity contribution in [1.29, 1.82) is 0 Å². The number of aromatic carboxylic acids is 1. The molecule has 0 saturated heterocycles. The molecule has 0 aliphatic carbocycles. The second-order valence-corrected chi connectivity index (χ2v) is 5.75. The number of aryl methyl sites for hydroxylation is 1. The summed E-state index contributed by atoms with van der Waals surface area (Å²) in [6.45, 7) is 3.64. The standard InChI is InChI=1S/C14H15N3O2S/c1-9-13(20-16-15-9)8-17-7-3-5-10-11(14(18)19)4-2-6-12(10)17/h2,4,6H,3,5,7-8H2,1H3,(H,18,19). The van der Waals surface area contributed by atoms with E-state index in [1.54, 1.807) is 6.07 Å². The van der Waals surface area contributed by atoms with Gasteiger partial charge in [-0.3, -0.25) is 0 Å². The Kier molecular flexibility index (Phi) is 3.40. The van der Waals surface area contributed by atoms with Crippen LogP contribution in [0.15, 0.2) is 18.2 Å². The molecule has 0 amide bonds. The predicted octanol–water partition coefficient (Wildman–Crippen LogP) is 2.50. The summed E-state index contributed by atoms with van der Waals surface area (Å²) in [5.41, 5.74) is 3.35. The van der Waals surface area contributed by atoms with E-state index in [1.165, 1.54) is 11.5 Å². The number of benzene rings is 1. The van der Waals surface area contributed by atoms with Crippen molar-refractivity contribution in [2.24, 2.45) is 0 Å². The third-order valence-corrected chi connectivity index (χ3v) is 4.47. The van der Waals surface area contributed by atoms with Crippen LogP contribution in [0.4, 0.5) is 5.69 Å². The lowest BCUT2D eigenvalue weighted by atomic mass is 9.96. The summed E-state index contributed by atoms with van der Waals surface area (Å²) in [6.07, 6.45) is 1.80. The van der Waals surface area contributed by atoms with Crippen LogP contribution in [0.25, 0.3) is 0 Å². The van der Waals surface area contributed by atoms with E-state index in [2.05, 4.69) is 14.5 Å². The molecule has 0 bridgehead atoms. The number of carbonyl (C=O) groups is 1. The topological polar surface area (TPSA) is 66.3 Å². The Hall–Kier alpha value is -1.95. The minimum Gasteiger partial charge on any atom is -0.478 e. The van der Waals surface area contributed by atoms with E-state index in [1.807, 2.05) is 19.1 Å². The van der Waals surface area contributed by atoms with Gasteiger partial charge in [-0.25, -0.2) is 4.79 Å². The molecule has 1 N–H and O–H groups in total. The fraction of sp³-hybridized carbons (Fsp3) is 0.357. The lowest BCUT2D eigenvalue weighted by Gasteiger charge is -2.31. The van der Waals surface area contributed by atoms with Crippen LogP contribution in [0.3, 0.4) is 0 Å². The quantitative estimate of drug-likeness (QED) is 0.940. The number of hydrogen-bond acceptors (Lipinski definition) is 5. The first-order chi connectivity index (χ1) is 9.66. The minimum atomic E-state index is -0.848. The first kappa shape index (κ1) is 13.1. The molecule has 1 aliphatic heterocycles. The predicted molar refractivity (Wildman–Crippen MR) is 77.4 cm³/mol. The Labute approximate surface area is 121 Å². The summed E-state index contributed by atoms with van der Waals surface area (Å²) in [6, 6.07) is 5.51. The number of carboxylic acids is 1. The van der Waals surface area contributed by atoms with Gasteiger partial charge in [-0.15, -0.1) is 5.10 Å². The Morgan fingerprint density at radius 2 is 2.35 bits per heavy atom. The van der Waals surface area contributed by atoms with Crippen molar-refractivity contribution in [3.63, 3.8) is 0 Å². The van der Waals surface area contributed by atoms with Gasteiger partial charge in [0, 0.05) is 12.2 Å². The summed E-state index contributed by atoms with van der Waals surface area (Å²) >= 11 is 1.41. The molecule has 0 unspecified atom stereocenters. The minimum absolute atomic E-state index is 0.423. The van der Waals surface area contributed by atoms with Gasteiger partial charge >= 0.3 is 5.97 Å². The normalized spacial score (nSPS) is 14.2. The van der Waals surface area contributed by atoms with Crippen molar-refractivity contribution in [2.75, 3.05) is 11.4 Å². The first-order valence-corrected chi connectivity index (χ1v) is 7.32. The number of hydrogen-bond donors (Lipinski definition) is 1. The Morgan fingerprint density at radius 1 is 1.50 bits per heavy atom. The second kappa shape index (κ2) is 5.20. The van der Waals surface area contributed by atoms with Crippen molar-refractivity contribution < 1.29 is 9.90 Å². The molecular weight excluding hydrogens is 274 g/mol. The zero-order valence-electron chi connectivity index (χ0n) is 11.2. The van der Waals surface area contributed by atoms with E-state index < -0.39 is 5.97 Å². The molecule has 0 fully saturated rings. The molecule has 2 aromatic rings. The van der Waals surface area contributed by atoms with E-state index >= 15 is 0 Å². The maximum Gasteiger partial charge on any atom is 0.336 e. The van der Waals surface area contributed by atoms with E-state index in [-0.39, 0.29) is 0 Å². The first-order valence-electron chi connectivity index (χ1n) is 6.55. The maximum atomic E-state index is 11.3. The van der Waals surface area contributed by atoms with Crippen LogP contribution in [0.2, 0.25) is 0 Å². The highest BCUT2D eigenvalue weighted by Gasteiger charge is 2.22. The highest BCUT2D eigenvalue weighted by Crippen LogP contribution is 2.31. The molecule has 104 valence electrons. The van der Waals surface area contributed by atoms with Gasteiger partial charge in [-0.1, -0.05) is 10.6 Å². The Morgan fingerprint density at radius 3 is 3.05 bits per heavy atom. The largest absolute Gasteiger partial charge is 0.478 e. The molecule has 3 rings (SSSR count). The van der Waals surface area contributed by atoms with E-state index in [9.17, 15) is 9.90 Å². The van der Waals surface area contributed by atoms with Crippen LogP contribution in [0.1, 0.15) is 32.9 Å². The molecule has 0 radical (unpaired) electrons. The molecular formula is C14H15N3O2S. The van der Waals surface area contributed by atoms with Crippen LogP contribution in [-0.4, -0.2) is 27.2 Å². The van der Waals surface area contributed by atoms with Crippen molar-refractivity contribution in [2.45, 2.75) is 26.3 Å². The average Bonchev–Trinajstić information content (AvgIpc) is 2.84. The van der Waals surface area contributed by atoms with Gasteiger partial charge in [-0.05, 0) is 49.0 Å². The van der Waals surface area contributed by atoms with Gasteiger partial charge in [0.2, 0.25) is 0 Å². The summed E-state index contributed by atoms with van der Waals surface area (Å²) in [4.78, 5) is 14.7. The SMILES string of the molecule is Cc1nnsc1CN1CCCc2c(C(=O)O)cccc21. The molecule has 0 spiro atoms. The highest BCUT2D eigenvalue weighted by molar-refractivity contribution is 7.05. The second-order valence-electron chi connectivity index (χ2n) is 4.92. The third-order valence-electron chi connectivity index (χ3n) is 3.66. The number of anilines is 1. The summed E-state index contributed by atoms with van der Waals surface area (Å²) < 4.78 is 3.96. The van der Waals surface area contributed by atoms with Gasteiger partial charge in [-0.2, -0.15) is 0 Å². The third kappa shape index (κ3) is 2.27. The van der Waals surface area contributed by atoms with Gasteiger partial charge in [0.25, 0.3) is 0 Å². The molecule has 20 heavy (non-hydrogen) atoms. The molecule has 6 heteroatoms. The highest BCUT2D eigenvalue weighted by atomic mass is 32.1. The molecule has 1 aliphatic rings. The van der Waals surface area contributed by atoms with Gasteiger partial charge in [0.05, 0.1) is 22.7 Å². The van der Waals surface area contributed by atoms with Crippen LogP contribution >= 0.6 is 11.5 Å². The van der Waals surface area contributed by atoms with Crippen molar-refractivity contribution in [3.8, 4) is 0 Å². The lowest BCUT2D eigenvalue weighted by Crippen LogP contribution is -2.29. The molecule has 2 heterocycles. The maximum absolute atomic E-state index is 11.3. The molecule has 1 aromatic heterocycles. The van der Waals surface area contributed by atoms with E-state index in [0.717, 1.165) is 47.8 Å². The van der Waals surface area contributed by atoms with E-state index in [4.69, 9.17) is 0 Å². The summed E-state index contributed by atoms with van der Waals surface area (Å²) in [5.74, 6) is -0.848. The summed E-state index contributed by atoms with van der Waals surface area (Å²) in [5, 5.41) is 13.3. The smallest absolute Gasteiger partial charge is 0.336 e. The number of fused-ring (bicyclic) bond motifs is 1. The van der Waals surface area contributed by atoms with Gasteiger partial charge in [0.15, 0.2) is 0 Å². The molecule has 0 saturated carbocycles. The molecule has 5 nitrogen and oxygen atoms in total. The molecule has 0 atom stereocenters. The van der Waals surface area contributed by atoms with Crippen molar-refractivity contribution in [3.05, 3.63) is 39.9 Å². The van der Waals surface area contributed by atoms with Crippen molar-refractivity contribution in [1.82, 2.24) is 9.59 Å². The van der Waals surface area contributed by atoms with Crippen LogP contribution in [-0.2, 0) is 13.0 Å². The van der Waals surface area contributed by atoms with Gasteiger partial charge < -0.3 is 10.0 Å². The van der Waals surface area contributed by atoms with Gasteiger partial charge in [0.1, 0.15) is 0 Å². The molecule has 1 aromatic carbocycles. The number of aromatic nitrogens is 2. The van der Waals surface area contributed by atoms with Crippen LogP contribution < -0.4 is 4.90 Å². The number of carboxylic acid groups (broad SMARTS) is 1. The van der Waals surface area contributed by atoms with Crippen LogP contribution in [0.5, 0.6) is 0 Å². The number of rotatable bonds is 3. The lowest BCUT2D eigenvalue weighted by molar-refractivity contribution is 0.0695. The fourth-order valence-corrected chi connectivity index (χ4v) is 3.28. The zero-order valence-corrected chi connectivity index (χ0v) is 12.0. The zero-order chi connectivity index (χ0) is 14.1. The van der Waals surface area contributed by atoms with Crippen molar-refractivity contribution >= 4 is 23.2 Å². The van der Waals surface area contributed by atoms with E-state index in [0.29, 0.717) is 5.56 Å². The Balaban J connectivity index is 1.96. The number of nitrogens with zero attached hydrogens (tertiary/aromatic N) is 3. The Bertz CT molecular complexity index is 654. The fourth-order valence-electron chi connectivity index (χ4n) is 2.63. The summed E-state index contributed by atoms with van der Waals surface area (Å²) in [7, 11) is 0. The monoisotopic (exact) mass is 289 g/mol. The average molecular weight is 289 g/mol. The van der Waals surface area contributed by atoms with Crippen LogP contribution in [0, 0.1) is 6.92 Å².